The summed E-state index contributed by atoms with van der Waals surface area (Å²) in [7, 11) is 1.86. The fourth-order valence-corrected chi connectivity index (χ4v) is 1.99. The number of rotatable bonds is 2. The van der Waals surface area contributed by atoms with Crippen LogP contribution < -0.4 is 5.32 Å². The van der Waals surface area contributed by atoms with Crippen LogP contribution in [0.2, 0.25) is 0 Å². The molecule has 0 aromatic carbocycles. The number of aryl methyl sites for hydroxylation is 1. The molecule has 1 aliphatic heterocycles. The van der Waals surface area contributed by atoms with Gasteiger partial charge in [0, 0.05) is 19.3 Å². The van der Waals surface area contributed by atoms with Crippen molar-refractivity contribution >= 4 is 0 Å². The highest BCUT2D eigenvalue weighted by Crippen LogP contribution is 2.32. The molecule has 1 saturated heterocycles. The number of nitrogens with one attached hydrogen (secondary N) is 1. The Morgan fingerprint density at radius 3 is 3.00 bits per heavy atom. The van der Waals surface area contributed by atoms with Crippen LogP contribution in [0.5, 0.6) is 0 Å². The molecule has 1 N–H and O–H groups in total. The van der Waals surface area contributed by atoms with Crippen molar-refractivity contribution in [2.45, 2.75) is 31.5 Å². The van der Waals surface area contributed by atoms with Crippen LogP contribution in [-0.4, -0.2) is 22.1 Å². The molecule has 2 atom stereocenters. The molecule has 0 aliphatic carbocycles. The van der Waals surface area contributed by atoms with E-state index in [0.717, 1.165) is 19.4 Å². The number of nitrogens with zero attached hydrogens (tertiary/aromatic N) is 2. The number of hydrogen-bond donors (Lipinski definition) is 1. The standard InChI is InChI=1S/C10H16FN3/c1-10(11,8-4-3-5-12-8)9-6-14(2)7-13-9/h6-8,12H,3-5H2,1-2H3. The van der Waals surface area contributed by atoms with Gasteiger partial charge in [-0.05, 0) is 26.3 Å². The highest BCUT2D eigenvalue weighted by Gasteiger charge is 2.39. The van der Waals surface area contributed by atoms with Crippen LogP contribution in [0.4, 0.5) is 4.39 Å². The fourth-order valence-electron chi connectivity index (χ4n) is 1.99. The van der Waals surface area contributed by atoms with E-state index in [0.29, 0.717) is 5.69 Å². The molecule has 1 aromatic heterocycles. The van der Waals surface area contributed by atoms with Gasteiger partial charge in [-0.15, -0.1) is 0 Å². The Labute approximate surface area is 83.3 Å². The maximum Gasteiger partial charge on any atom is 0.166 e. The minimum absolute atomic E-state index is 0.0857. The molecule has 0 radical (unpaired) electrons. The van der Waals surface area contributed by atoms with Crippen molar-refractivity contribution in [2.75, 3.05) is 6.54 Å². The summed E-state index contributed by atoms with van der Waals surface area (Å²) in [5.74, 6) is 0. The number of halogens is 1. The molecule has 2 rings (SSSR count). The average Bonchev–Trinajstić information content (AvgIpc) is 2.72. The molecule has 0 bridgehead atoms. The highest BCUT2D eigenvalue weighted by molar-refractivity contribution is 5.12. The molecule has 1 fully saturated rings. The summed E-state index contributed by atoms with van der Waals surface area (Å²) in [4.78, 5) is 4.08. The van der Waals surface area contributed by atoms with Crippen molar-refractivity contribution in [1.29, 1.82) is 0 Å². The van der Waals surface area contributed by atoms with Crippen LogP contribution in [0.15, 0.2) is 12.5 Å². The first kappa shape index (κ1) is 9.65. The van der Waals surface area contributed by atoms with Crippen molar-refractivity contribution < 1.29 is 4.39 Å². The van der Waals surface area contributed by atoms with Gasteiger partial charge in [-0.3, -0.25) is 0 Å². The predicted molar refractivity (Wildman–Crippen MR) is 52.7 cm³/mol. The van der Waals surface area contributed by atoms with Crippen molar-refractivity contribution in [2.24, 2.45) is 7.05 Å². The van der Waals surface area contributed by atoms with Crippen molar-refractivity contribution in [1.82, 2.24) is 14.9 Å². The number of alkyl halides is 1. The van der Waals surface area contributed by atoms with E-state index in [1.54, 1.807) is 24.0 Å². The number of imidazole rings is 1. The van der Waals surface area contributed by atoms with Gasteiger partial charge in [0.15, 0.2) is 5.67 Å². The SMILES string of the molecule is Cn1cnc(C(C)(F)C2CCCN2)c1. The molecule has 1 aromatic rings. The van der Waals surface area contributed by atoms with Crippen LogP contribution in [0.1, 0.15) is 25.5 Å². The van der Waals surface area contributed by atoms with Gasteiger partial charge in [-0.25, -0.2) is 9.37 Å². The summed E-state index contributed by atoms with van der Waals surface area (Å²) in [5, 5.41) is 3.18. The maximum atomic E-state index is 14.4. The van der Waals surface area contributed by atoms with Gasteiger partial charge in [0.25, 0.3) is 0 Å². The van der Waals surface area contributed by atoms with E-state index >= 15 is 0 Å². The maximum absolute atomic E-state index is 14.4. The smallest absolute Gasteiger partial charge is 0.166 e. The monoisotopic (exact) mass is 197 g/mol. The summed E-state index contributed by atoms with van der Waals surface area (Å²) >= 11 is 0. The molecular formula is C10H16FN3. The normalized spacial score (nSPS) is 26.4. The Balaban J connectivity index is 2.22. The quantitative estimate of drug-likeness (QED) is 0.775. The molecule has 2 heterocycles. The van der Waals surface area contributed by atoms with E-state index in [1.807, 2.05) is 7.05 Å². The zero-order valence-corrected chi connectivity index (χ0v) is 8.63. The van der Waals surface area contributed by atoms with Crippen molar-refractivity contribution in [3.63, 3.8) is 0 Å². The Hall–Kier alpha value is -0.900. The second-order valence-electron chi connectivity index (χ2n) is 4.15. The largest absolute Gasteiger partial charge is 0.340 e. The second-order valence-corrected chi connectivity index (χ2v) is 4.15. The molecule has 0 spiro atoms. The molecule has 78 valence electrons. The molecule has 1 aliphatic rings. The number of hydrogen-bond acceptors (Lipinski definition) is 2. The fraction of sp³-hybridized carbons (Fsp3) is 0.700. The lowest BCUT2D eigenvalue weighted by Gasteiger charge is -2.25. The van der Waals surface area contributed by atoms with Crippen molar-refractivity contribution in [3.05, 3.63) is 18.2 Å². The van der Waals surface area contributed by atoms with Crippen LogP contribution >= 0.6 is 0 Å². The second kappa shape index (κ2) is 3.35. The lowest BCUT2D eigenvalue weighted by molar-refractivity contribution is 0.132. The lowest BCUT2D eigenvalue weighted by atomic mass is 9.94. The van der Waals surface area contributed by atoms with Crippen LogP contribution in [0, 0.1) is 0 Å². The first-order valence-corrected chi connectivity index (χ1v) is 5.01. The predicted octanol–water partition coefficient (Wildman–Crippen LogP) is 1.36. The molecule has 14 heavy (non-hydrogen) atoms. The van der Waals surface area contributed by atoms with Gasteiger partial charge in [0.1, 0.15) is 0 Å². The molecule has 3 nitrogen and oxygen atoms in total. The van der Waals surface area contributed by atoms with Crippen LogP contribution in [-0.2, 0) is 12.7 Å². The van der Waals surface area contributed by atoms with Crippen LogP contribution in [0.25, 0.3) is 0 Å². The third kappa shape index (κ3) is 1.54. The molecule has 0 amide bonds. The van der Waals surface area contributed by atoms with Gasteiger partial charge in [0.05, 0.1) is 12.0 Å². The van der Waals surface area contributed by atoms with Crippen molar-refractivity contribution in [3.8, 4) is 0 Å². The zero-order valence-electron chi connectivity index (χ0n) is 8.63. The molecule has 4 heteroatoms. The Morgan fingerprint density at radius 1 is 1.71 bits per heavy atom. The average molecular weight is 197 g/mol. The Bertz CT molecular complexity index is 313. The summed E-state index contributed by atoms with van der Waals surface area (Å²) in [5.41, 5.74) is -0.822. The van der Waals surface area contributed by atoms with Gasteiger partial charge in [0.2, 0.25) is 0 Å². The van der Waals surface area contributed by atoms with Gasteiger partial charge < -0.3 is 9.88 Å². The Morgan fingerprint density at radius 2 is 2.50 bits per heavy atom. The van der Waals surface area contributed by atoms with Gasteiger partial charge in [-0.2, -0.15) is 0 Å². The summed E-state index contributed by atoms with van der Waals surface area (Å²) in [6.45, 7) is 2.52. The van der Waals surface area contributed by atoms with Gasteiger partial charge in [-0.1, -0.05) is 0 Å². The molecule has 2 unspecified atom stereocenters. The lowest BCUT2D eigenvalue weighted by Crippen LogP contribution is -2.39. The first-order valence-electron chi connectivity index (χ1n) is 5.01. The third-order valence-electron chi connectivity index (χ3n) is 2.92. The third-order valence-corrected chi connectivity index (χ3v) is 2.92. The highest BCUT2D eigenvalue weighted by atomic mass is 19.1. The van der Waals surface area contributed by atoms with Crippen LogP contribution in [0.3, 0.4) is 0 Å². The summed E-state index contributed by atoms with van der Waals surface area (Å²) in [6.07, 6.45) is 5.34. The summed E-state index contributed by atoms with van der Waals surface area (Å²) in [6, 6.07) is -0.0857. The number of aromatic nitrogens is 2. The molecule has 0 saturated carbocycles. The van der Waals surface area contributed by atoms with E-state index in [2.05, 4.69) is 10.3 Å². The zero-order chi connectivity index (χ0) is 10.2. The van der Waals surface area contributed by atoms with E-state index in [4.69, 9.17) is 0 Å². The first-order chi connectivity index (χ1) is 6.60. The summed E-state index contributed by atoms with van der Waals surface area (Å²) < 4.78 is 16.2. The minimum Gasteiger partial charge on any atom is -0.340 e. The Kier molecular flexibility index (Phi) is 2.31. The van der Waals surface area contributed by atoms with Gasteiger partial charge >= 0.3 is 0 Å². The minimum atomic E-state index is -1.35. The van der Waals surface area contributed by atoms with E-state index in [1.165, 1.54) is 0 Å². The molecular weight excluding hydrogens is 181 g/mol. The topological polar surface area (TPSA) is 29.9 Å². The van der Waals surface area contributed by atoms with E-state index in [-0.39, 0.29) is 6.04 Å². The van der Waals surface area contributed by atoms with E-state index in [9.17, 15) is 4.39 Å². The van der Waals surface area contributed by atoms with E-state index < -0.39 is 5.67 Å².